The molecule has 4 nitrogen and oxygen atoms in total. The van der Waals surface area contributed by atoms with E-state index in [1.54, 1.807) is 25.3 Å². The molecule has 1 saturated heterocycles. The molecule has 1 atom stereocenters. The van der Waals surface area contributed by atoms with E-state index in [0.29, 0.717) is 23.7 Å². The molecule has 1 aliphatic heterocycles. The van der Waals surface area contributed by atoms with Gasteiger partial charge in [0.1, 0.15) is 18.8 Å². The Morgan fingerprint density at radius 2 is 2.40 bits per heavy atom. The maximum Gasteiger partial charge on any atom is 0.179 e. The largest absolute Gasteiger partial charge is 0.493 e. The summed E-state index contributed by atoms with van der Waals surface area (Å²) in [7, 11) is 1.55. The molecule has 0 aliphatic carbocycles. The monoisotopic (exact) mass is 205 g/mol. The first-order valence-corrected chi connectivity index (χ1v) is 4.66. The van der Waals surface area contributed by atoms with Crippen LogP contribution in [-0.2, 0) is 4.74 Å². The number of epoxide rings is 1. The minimum absolute atomic E-state index is 0.168. The Kier molecular flexibility index (Phi) is 2.75. The van der Waals surface area contributed by atoms with E-state index in [4.69, 9.17) is 19.5 Å². The maximum atomic E-state index is 8.90. The lowest BCUT2D eigenvalue weighted by Crippen LogP contribution is -2.06. The highest BCUT2D eigenvalue weighted by atomic mass is 16.6. The lowest BCUT2D eigenvalue weighted by Gasteiger charge is -2.10. The number of nitrogens with zero attached hydrogens (tertiary/aromatic N) is 1. The molecule has 0 saturated carbocycles. The number of ether oxygens (including phenoxy) is 3. The molecule has 0 unspecified atom stereocenters. The van der Waals surface area contributed by atoms with E-state index >= 15 is 0 Å². The molecule has 2 rings (SSSR count). The third-order valence-corrected chi connectivity index (χ3v) is 2.14. The topological polar surface area (TPSA) is 54.8 Å². The molecule has 0 spiro atoms. The van der Waals surface area contributed by atoms with Crippen molar-refractivity contribution in [3.05, 3.63) is 23.8 Å². The van der Waals surface area contributed by atoms with Gasteiger partial charge in [-0.2, -0.15) is 5.26 Å². The first-order valence-electron chi connectivity index (χ1n) is 4.66. The van der Waals surface area contributed by atoms with E-state index in [2.05, 4.69) is 6.07 Å². The van der Waals surface area contributed by atoms with E-state index in [-0.39, 0.29) is 6.10 Å². The lowest BCUT2D eigenvalue weighted by molar-refractivity contribution is 0.251. The quantitative estimate of drug-likeness (QED) is 0.696. The maximum absolute atomic E-state index is 8.90. The minimum Gasteiger partial charge on any atom is -0.493 e. The minimum atomic E-state index is 0.168. The highest BCUT2D eigenvalue weighted by molar-refractivity contribution is 5.52. The third-order valence-electron chi connectivity index (χ3n) is 2.14. The van der Waals surface area contributed by atoms with Crippen molar-refractivity contribution in [1.29, 1.82) is 5.26 Å². The molecule has 0 radical (unpaired) electrons. The van der Waals surface area contributed by atoms with Crippen LogP contribution in [0.5, 0.6) is 11.5 Å². The van der Waals surface area contributed by atoms with Crippen LogP contribution >= 0.6 is 0 Å². The smallest absolute Gasteiger partial charge is 0.179 e. The summed E-state index contributed by atoms with van der Waals surface area (Å²) >= 11 is 0. The second-order valence-electron chi connectivity index (χ2n) is 3.22. The van der Waals surface area contributed by atoms with Gasteiger partial charge in [-0.25, -0.2) is 0 Å². The van der Waals surface area contributed by atoms with E-state index in [9.17, 15) is 0 Å². The Balaban J connectivity index is 2.19. The van der Waals surface area contributed by atoms with Gasteiger partial charge in [0.2, 0.25) is 0 Å². The SMILES string of the molecule is COc1cccc(C#N)c1OC[C@H]1CO1. The van der Waals surface area contributed by atoms with Gasteiger partial charge in [0.25, 0.3) is 0 Å². The molecular weight excluding hydrogens is 194 g/mol. The van der Waals surface area contributed by atoms with Crippen molar-refractivity contribution >= 4 is 0 Å². The molecule has 0 aromatic heterocycles. The summed E-state index contributed by atoms with van der Waals surface area (Å²) < 4.78 is 15.7. The zero-order valence-corrected chi connectivity index (χ0v) is 8.40. The molecule has 0 N–H and O–H groups in total. The van der Waals surface area contributed by atoms with Crippen LogP contribution in [0.25, 0.3) is 0 Å². The van der Waals surface area contributed by atoms with E-state index < -0.39 is 0 Å². The Morgan fingerprint density at radius 1 is 1.60 bits per heavy atom. The van der Waals surface area contributed by atoms with Crippen molar-refractivity contribution < 1.29 is 14.2 Å². The summed E-state index contributed by atoms with van der Waals surface area (Å²) in [5.74, 6) is 1.08. The average Bonchev–Trinajstić information content (AvgIpc) is 3.09. The van der Waals surface area contributed by atoms with Gasteiger partial charge in [0.15, 0.2) is 11.5 Å². The van der Waals surface area contributed by atoms with Gasteiger partial charge in [-0.3, -0.25) is 0 Å². The molecular formula is C11H11NO3. The van der Waals surface area contributed by atoms with Crippen LogP contribution in [0.1, 0.15) is 5.56 Å². The number of nitriles is 1. The molecule has 78 valence electrons. The molecule has 0 amide bonds. The average molecular weight is 205 g/mol. The lowest BCUT2D eigenvalue weighted by atomic mass is 10.2. The number of hydrogen-bond donors (Lipinski definition) is 0. The standard InChI is InChI=1S/C11H11NO3/c1-13-10-4-2-3-8(5-12)11(10)15-7-9-6-14-9/h2-4,9H,6-7H2,1H3/t9-/m1/s1. The highest BCUT2D eigenvalue weighted by Gasteiger charge is 2.24. The normalized spacial score (nSPS) is 18.0. The molecule has 15 heavy (non-hydrogen) atoms. The molecule has 1 fully saturated rings. The molecule has 1 aromatic carbocycles. The number of methoxy groups -OCH3 is 1. The van der Waals surface area contributed by atoms with Gasteiger partial charge in [-0.05, 0) is 12.1 Å². The number of rotatable bonds is 4. The first-order chi connectivity index (χ1) is 7.35. The summed E-state index contributed by atoms with van der Waals surface area (Å²) in [5, 5.41) is 8.90. The van der Waals surface area contributed by atoms with Crippen molar-refractivity contribution in [3.8, 4) is 17.6 Å². The number of hydrogen-bond acceptors (Lipinski definition) is 4. The third kappa shape index (κ3) is 2.20. The van der Waals surface area contributed by atoms with Gasteiger partial charge in [-0.15, -0.1) is 0 Å². The van der Waals surface area contributed by atoms with Crippen molar-refractivity contribution in [3.63, 3.8) is 0 Å². The van der Waals surface area contributed by atoms with Crippen LogP contribution in [-0.4, -0.2) is 26.4 Å². The molecule has 1 aromatic rings. The van der Waals surface area contributed by atoms with Crippen LogP contribution in [0.2, 0.25) is 0 Å². The van der Waals surface area contributed by atoms with Crippen LogP contribution in [0, 0.1) is 11.3 Å². The molecule has 4 heteroatoms. The van der Waals surface area contributed by atoms with Crippen molar-refractivity contribution in [2.45, 2.75) is 6.10 Å². The predicted octanol–water partition coefficient (Wildman–Crippen LogP) is 1.34. The number of para-hydroxylation sites is 1. The summed E-state index contributed by atoms with van der Waals surface area (Å²) in [6.45, 7) is 1.20. The van der Waals surface area contributed by atoms with Crippen molar-refractivity contribution in [1.82, 2.24) is 0 Å². The van der Waals surface area contributed by atoms with Gasteiger partial charge < -0.3 is 14.2 Å². The Morgan fingerprint density at radius 3 is 3.00 bits per heavy atom. The van der Waals surface area contributed by atoms with Crippen molar-refractivity contribution in [2.24, 2.45) is 0 Å². The van der Waals surface area contributed by atoms with Gasteiger partial charge >= 0.3 is 0 Å². The second kappa shape index (κ2) is 4.20. The Hall–Kier alpha value is -1.73. The van der Waals surface area contributed by atoms with Crippen LogP contribution in [0.15, 0.2) is 18.2 Å². The van der Waals surface area contributed by atoms with Gasteiger partial charge in [0.05, 0.1) is 19.3 Å². The predicted molar refractivity (Wildman–Crippen MR) is 52.9 cm³/mol. The van der Waals surface area contributed by atoms with Crippen LogP contribution in [0.4, 0.5) is 0 Å². The fourth-order valence-electron chi connectivity index (χ4n) is 1.25. The van der Waals surface area contributed by atoms with Crippen LogP contribution < -0.4 is 9.47 Å². The fourth-order valence-corrected chi connectivity index (χ4v) is 1.25. The summed E-state index contributed by atoms with van der Waals surface area (Å²) in [4.78, 5) is 0. The number of benzene rings is 1. The van der Waals surface area contributed by atoms with Gasteiger partial charge in [-0.1, -0.05) is 6.07 Å². The van der Waals surface area contributed by atoms with Crippen molar-refractivity contribution in [2.75, 3.05) is 20.3 Å². The van der Waals surface area contributed by atoms with Crippen LogP contribution in [0.3, 0.4) is 0 Å². The molecule has 1 aliphatic rings. The highest BCUT2D eigenvalue weighted by Crippen LogP contribution is 2.31. The molecule has 1 heterocycles. The van der Waals surface area contributed by atoms with E-state index in [0.717, 1.165) is 6.61 Å². The van der Waals surface area contributed by atoms with E-state index in [1.165, 1.54) is 0 Å². The summed E-state index contributed by atoms with van der Waals surface area (Å²) in [6, 6.07) is 7.30. The van der Waals surface area contributed by atoms with Gasteiger partial charge in [0, 0.05) is 0 Å². The van der Waals surface area contributed by atoms with E-state index in [1.807, 2.05) is 0 Å². The summed E-state index contributed by atoms with van der Waals surface area (Å²) in [5.41, 5.74) is 0.481. The Bertz CT molecular complexity index is 393. The Labute approximate surface area is 88.0 Å². The first kappa shape index (κ1) is 9.81. The summed E-state index contributed by atoms with van der Waals surface area (Å²) in [6.07, 6.45) is 0.168. The molecule has 0 bridgehead atoms. The fraction of sp³-hybridized carbons (Fsp3) is 0.364. The zero-order chi connectivity index (χ0) is 10.7. The zero-order valence-electron chi connectivity index (χ0n) is 8.40. The second-order valence-corrected chi connectivity index (χ2v) is 3.22.